The van der Waals surface area contributed by atoms with Gasteiger partial charge in [-0.25, -0.2) is 4.98 Å². The van der Waals surface area contributed by atoms with Crippen LogP contribution >= 0.6 is 23.2 Å². The SMILES string of the molecule is O=C(CC1Cn2c(nc3ccccc32)N(Cc2ccccn2)C1=O)Nc1ccc(Cl)c(Cl)c1. The minimum Gasteiger partial charge on any atom is -0.326 e. The van der Waals surface area contributed by atoms with Gasteiger partial charge in [0, 0.05) is 24.8 Å². The maximum Gasteiger partial charge on any atom is 0.235 e. The van der Waals surface area contributed by atoms with Crippen LogP contribution in [0.2, 0.25) is 10.0 Å². The summed E-state index contributed by atoms with van der Waals surface area (Å²) in [6, 6.07) is 18.2. The van der Waals surface area contributed by atoms with E-state index in [0.29, 0.717) is 28.2 Å². The van der Waals surface area contributed by atoms with Crippen molar-refractivity contribution in [2.45, 2.75) is 19.5 Å². The first-order valence-electron chi connectivity index (χ1n) is 10.4. The standard InChI is InChI=1S/C24H19Cl2N5O2/c25-18-9-8-16(12-19(18)26)28-22(32)11-15-13-30-21-7-2-1-6-20(21)29-24(30)31(23(15)33)14-17-5-3-4-10-27-17/h1-10,12,15H,11,13-14H2,(H,28,32). The molecule has 0 fully saturated rings. The van der Waals surface area contributed by atoms with Crippen LogP contribution in [0.4, 0.5) is 11.6 Å². The Morgan fingerprint density at radius 3 is 2.67 bits per heavy atom. The predicted octanol–water partition coefficient (Wildman–Crippen LogP) is 4.93. The van der Waals surface area contributed by atoms with Crippen LogP contribution in [-0.4, -0.2) is 26.3 Å². The zero-order chi connectivity index (χ0) is 22.9. The van der Waals surface area contributed by atoms with Crippen molar-refractivity contribution in [3.8, 4) is 0 Å². The number of pyridine rings is 1. The summed E-state index contributed by atoms with van der Waals surface area (Å²) in [6.45, 7) is 0.635. The van der Waals surface area contributed by atoms with E-state index in [2.05, 4.69) is 10.3 Å². The summed E-state index contributed by atoms with van der Waals surface area (Å²) in [5.74, 6) is -0.431. The average Bonchev–Trinajstić information content (AvgIpc) is 3.18. The monoisotopic (exact) mass is 479 g/mol. The van der Waals surface area contributed by atoms with Gasteiger partial charge < -0.3 is 9.88 Å². The highest BCUT2D eigenvalue weighted by molar-refractivity contribution is 6.42. The molecule has 0 aliphatic carbocycles. The van der Waals surface area contributed by atoms with Crippen molar-refractivity contribution >= 4 is 57.7 Å². The summed E-state index contributed by atoms with van der Waals surface area (Å²) >= 11 is 12.0. The van der Waals surface area contributed by atoms with Gasteiger partial charge in [0.1, 0.15) is 0 Å². The number of anilines is 2. The quantitative estimate of drug-likeness (QED) is 0.439. The third-order valence-electron chi connectivity index (χ3n) is 5.58. The van der Waals surface area contributed by atoms with Gasteiger partial charge in [-0.1, -0.05) is 41.4 Å². The number of para-hydroxylation sites is 2. The summed E-state index contributed by atoms with van der Waals surface area (Å²) < 4.78 is 2.00. The second kappa shape index (κ2) is 8.84. The first-order chi connectivity index (χ1) is 16.0. The number of nitrogens with zero attached hydrogens (tertiary/aromatic N) is 4. The Labute approximate surface area is 200 Å². The van der Waals surface area contributed by atoms with Crippen molar-refractivity contribution in [2.75, 3.05) is 10.2 Å². The number of carbonyl (C=O) groups is 2. The molecule has 1 aliphatic heterocycles. The van der Waals surface area contributed by atoms with E-state index in [1.807, 2.05) is 47.0 Å². The lowest BCUT2D eigenvalue weighted by Gasteiger charge is -2.32. The average molecular weight is 480 g/mol. The molecule has 0 saturated heterocycles. The summed E-state index contributed by atoms with van der Waals surface area (Å²) in [6.07, 6.45) is 1.71. The number of nitrogens with one attached hydrogen (secondary N) is 1. The number of aromatic nitrogens is 3. The van der Waals surface area contributed by atoms with Crippen molar-refractivity contribution in [2.24, 2.45) is 5.92 Å². The zero-order valence-corrected chi connectivity index (χ0v) is 18.9. The lowest BCUT2D eigenvalue weighted by molar-refractivity contribution is -0.127. The molecule has 9 heteroatoms. The molecule has 33 heavy (non-hydrogen) atoms. The Balaban J connectivity index is 1.44. The molecule has 2 amide bonds. The van der Waals surface area contributed by atoms with E-state index in [0.717, 1.165) is 16.7 Å². The highest BCUT2D eigenvalue weighted by Crippen LogP contribution is 2.32. The van der Waals surface area contributed by atoms with Crippen LogP contribution in [0.5, 0.6) is 0 Å². The number of hydrogen-bond donors (Lipinski definition) is 1. The number of halogens is 2. The van der Waals surface area contributed by atoms with E-state index in [4.69, 9.17) is 28.2 Å². The van der Waals surface area contributed by atoms with Crippen molar-refractivity contribution in [1.82, 2.24) is 14.5 Å². The molecule has 3 heterocycles. The maximum absolute atomic E-state index is 13.5. The number of rotatable bonds is 5. The van der Waals surface area contributed by atoms with Crippen LogP contribution in [0.3, 0.4) is 0 Å². The molecular formula is C24H19Cl2N5O2. The molecule has 0 radical (unpaired) electrons. The van der Waals surface area contributed by atoms with E-state index in [-0.39, 0.29) is 24.8 Å². The van der Waals surface area contributed by atoms with Crippen molar-refractivity contribution < 1.29 is 9.59 Å². The molecule has 1 N–H and O–H groups in total. The summed E-state index contributed by atoms with van der Waals surface area (Å²) in [5, 5.41) is 3.56. The van der Waals surface area contributed by atoms with Crippen LogP contribution < -0.4 is 10.2 Å². The Morgan fingerprint density at radius 2 is 1.88 bits per heavy atom. The molecule has 5 rings (SSSR count). The molecule has 0 saturated carbocycles. The largest absolute Gasteiger partial charge is 0.326 e. The summed E-state index contributed by atoms with van der Waals surface area (Å²) in [4.78, 5) is 37.0. The molecule has 1 atom stereocenters. The summed E-state index contributed by atoms with van der Waals surface area (Å²) in [5.41, 5.74) is 2.98. The van der Waals surface area contributed by atoms with Crippen LogP contribution in [0.1, 0.15) is 12.1 Å². The van der Waals surface area contributed by atoms with Crippen LogP contribution in [0.25, 0.3) is 11.0 Å². The number of amides is 2. The second-order valence-corrected chi connectivity index (χ2v) is 8.65. The third kappa shape index (κ3) is 4.29. The van der Waals surface area contributed by atoms with Gasteiger partial charge in [0.15, 0.2) is 0 Å². The molecule has 1 unspecified atom stereocenters. The maximum atomic E-state index is 13.5. The van der Waals surface area contributed by atoms with E-state index in [1.165, 1.54) is 0 Å². The molecule has 1 aliphatic rings. The van der Waals surface area contributed by atoms with Crippen LogP contribution in [-0.2, 0) is 22.7 Å². The number of fused-ring (bicyclic) bond motifs is 3. The number of hydrogen-bond acceptors (Lipinski definition) is 4. The Kier molecular flexibility index (Phi) is 5.74. The van der Waals surface area contributed by atoms with Gasteiger partial charge in [0.25, 0.3) is 0 Å². The predicted molar refractivity (Wildman–Crippen MR) is 128 cm³/mol. The van der Waals surface area contributed by atoms with Gasteiger partial charge in [-0.2, -0.15) is 0 Å². The highest BCUT2D eigenvalue weighted by Gasteiger charge is 2.36. The van der Waals surface area contributed by atoms with E-state index in [1.54, 1.807) is 29.3 Å². The van der Waals surface area contributed by atoms with Crippen LogP contribution in [0, 0.1) is 5.92 Å². The van der Waals surface area contributed by atoms with Crippen molar-refractivity contribution in [1.29, 1.82) is 0 Å². The number of carbonyl (C=O) groups excluding carboxylic acids is 2. The topological polar surface area (TPSA) is 80.1 Å². The van der Waals surface area contributed by atoms with Crippen molar-refractivity contribution in [3.63, 3.8) is 0 Å². The fourth-order valence-corrected chi connectivity index (χ4v) is 4.33. The Bertz CT molecular complexity index is 1360. The second-order valence-electron chi connectivity index (χ2n) is 7.83. The van der Waals surface area contributed by atoms with E-state index in [9.17, 15) is 9.59 Å². The molecular weight excluding hydrogens is 461 g/mol. The van der Waals surface area contributed by atoms with Crippen LogP contribution in [0.15, 0.2) is 66.9 Å². The molecule has 0 bridgehead atoms. The lowest BCUT2D eigenvalue weighted by Crippen LogP contribution is -2.44. The highest BCUT2D eigenvalue weighted by atomic mass is 35.5. The normalized spacial score (nSPS) is 15.5. The summed E-state index contributed by atoms with van der Waals surface area (Å²) in [7, 11) is 0. The molecule has 2 aromatic carbocycles. The lowest BCUT2D eigenvalue weighted by atomic mass is 10.0. The van der Waals surface area contributed by atoms with Gasteiger partial charge >= 0.3 is 0 Å². The smallest absolute Gasteiger partial charge is 0.235 e. The number of imidazole rings is 1. The van der Waals surface area contributed by atoms with Gasteiger partial charge in [-0.05, 0) is 42.5 Å². The third-order valence-corrected chi connectivity index (χ3v) is 6.31. The molecule has 166 valence electrons. The first-order valence-corrected chi connectivity index (χ1v) is 11.2. The van der Waals surface area contributed by atoms with Crippen molar-refractivity contribution in [3.05, 3.63) is 82.6 Å². The molecule has 2 aromatic heterocycles. The van der Waals surface area contributed by atoms with E-state index >= 15 is 0 Å². The molecule has 4 aromatic rings. The Hall–Kier alpha value is -3.42. The number of benzene rings is 2. The fraction of sp³-hybridized carbons (Fsp3) is 0.167. The van der Waals surface area contributed by atoms with Gasteiger partial charge in [0.05, 0.1) is 39.2 Å². The van der Waals surface area contributed by atoms with Gasteiger partial charge in [-0.15, -0.1) is 0 Å². The minimum atomic E-state index is -0.554. The minimum absolute atomic E-state index is 0.0176. The molecule has 7 nitrogen and oxygen atoms in total. The first kappa shape index (κ1) is 21.4. The molecule has 0 spiro atoms. The van der Waals surface area contributed by atoms with Gasteiger partial charge in [0.2, 0.25) is 17.8 Å². The Morgan fingerprint density at radius 1 is 1.06 bits per heavy atom. The fourth-order valence-electron chi connectivity index (χ4n) is 4.03. The zero-order valence-electron chi connectivity index (χ0n) is 17.4. The van der Waals surface area contributed by atoms with E-state index < -0.39 is 5.92 Å². The van der Waals surface area contributed by atoms with Gasteiger partial charge in [-0.3, -0.25) is 19.5 Å².